The molecule has 5 heteroatoms. The number of hydrogen-bond acceptors (Lipinski definition) is 4. The van der Waals surface area contributed by atoms with E-state index in [0.717, 1.165) is 44.9 Å². The number of rotatable bonds is 11. The van der Waals surface area contributed by atoms with Gasteiger partial charge in [-0.25, -0.2) is 0 Å². The van der Waals surface area contributed by atoms with Gasteiger partial charge in [-0.1, -0.05) is 50.9 Å². The standard InChI is InChI=1S/C20H34O5/c1-2-3-6-9-15(21)12-13-17-16(18(22)14-19(17)23)10-7-4-5-8-11-20(24)25/h15-19,21-23H,2-11,14H2,1H3,(H,24,25)/t15-,16+,17+,18-,19+/m0/s1. The highest BCUT2D eigenvalue weighted by Gasteiger charge is 2.40. The zero-order valence-electron chi connectivity index (χ0n) is 15.4. The molecule has 0 radical (unpaired) electrons. The molecule has 0 aromatic rings. The first kappa shape index (κ1) is 22.0. The highest BCUT2D eigenvalue weighted by atomic mass is 16.4. The summed E-state index contributed by atoms with van der Waals surface area (Å²) >= 11 is 0. The molecule has 0 spiro atoms. The third-order valence-electron chi connectivity index (χ3n) is 5.03. The van der Waals surface area contributed by atoms with E-state index in [1.54, 1.807) is 0 Å². The van der Waals surface area contributed by atoms with Crippen molar-refractivity contribution < 1.29 is 25.2 Å². The minimum Gasteiger partial charge on any atom is -0.481 e. The topological polar surface area (TPSA) is 98.0 Å². The highest BCUT2D eigenvalue weighted by molar-refractivity contribution is 5.66. The minimum atomic E-state index is -0.762. The third-order valence-corrected chi connectivity index (χ3v) is 5.03. The molecule has 0 aliphatic heterocycles. The average Bonchev–Trinajstić information content (AvgIpc) is 2.82. The molecule has 1 aliphatic carbocycles. The smallest absolute Gasteiger partial charge is 0.303 e. The molecule has 0 aromatic carbocycles. The second-order valence-electron chi connectivity index (χ2n) is 7.21. The van der Waals surface area contributed by atoms with E-state index in [0.29, 0.717) is 19.3 Å². The number of unbranched alkanes of at least 4 members (excludes halogenated alkanes) is 5. The van der Waals surface area contributed by atoms with Crippen LogP contribution in [0.5, 0.6) is 0 Å². The second kappa shape index (κ2) is 12.3. The summed E-state index contributed by atoms with van der Waals surface area (Å²) in [4.78, 5) is 10.5. The summed E-state index contributed by atoms with van der Waals surface area (Å²) in [6.45, 7) is 2.11. The van der Waals surface area contributed by atoms with Crippen LogP contribution < -0.4 is 0 Å². The number of carboxylic acid groups (broad SMARTS) is 1. The summed E-state index contributed by atoms with van der Waals surface area (Å²) in [7, 11) is 0. The van der Waals surface area contributed by atoms with Crippen LogP contribution in [0.4, 0.5) is 0 Å². The molecule has 0 bridgehead atoms. The van der Waals surface area contributed by atoms with Gasteiger partial charge in [0.05, 0.1) is 18.1 Å². The molecule has 0 saturated heterocycles. The van der Waals surface area contributed by atoms with Gasteiger partial charge in [-0.15, -0.1) is 0 Å². The van der Waals surface area contributed by atoms with Gasteiger partial charge < -0.3 is 20.4 Å². The Bertz CT molecular complexity index is 439. The lowest BCUT2D eigenvalue weighted by Gasteiger charge is -2.19. The largest absolute Gasteiger partial charge is 0.481 e. The summed E-state index contributed by atoms with van der Waals surface area (Å²) in [5.41, 5.74) is 0. The van der Waals surface area contributed by atoms with Crippen molar-refractivity contribution in [3.05, 3.63) is 0 Å². The van der Waals surface area contributed by atoms with Crippen molar-refractivity contribution in [3.8, 4) is 11.8 Å². The fourth-order valence-electron chi connectivity index (χ4n) is 3.53. The molecule has 1 aliphatic rings. The Morgan fingerprint density at radius 2 is 1.80 bits per heavy atom. The van der Waals surface area contributed by atoms with Crippen molar-refractivity contribution in [1.82, 2.24) is 0 Å². The molecule has 25 heavy (non-hydrogen) atoms. The molecule has 5 atom stereocenters. The zero-order valence-corrected chi connectivity index (χ0v) is 15.4. The normalized spacial score (nSPS) is 26.9. The maximum Gasteiger partial charge on any atom is 0.303 e. The molecule has 0 unspecified atom stereocenters. The third kappa shape index (κ3) is 8.71. The molecule has 0 aromatic heterocycles. The van der Waals surface area contributed by atoms with Gasteiger partial charge in [-0.2, -0.15) is 0 Å². The van der Waals surface area contributed by atoms with Crippen molar-refractivity contribution in [2.45, 2.75) is 95.9 Å². The van der Waals surface area contributed by atoms with E-state index in [4.69, 9.17) is 5.11 Å². The van der Waals surface area contributed by atoms with Gasteiger partial charge >= 0.3 is 5.97 Å². The summed E-state index contributed by atoms with van der Waals surface area (Å²) < 4.78 is 0. The van der Waals surface area contributed by atoms with Crippen LogP contribution in [0, 0.1) is 23.7 Å². The molecular formula is C20H34O5. The van der Waals surface area contributed by atoms with Crippen molar-refractivity contribution in [3.63, 3.8) is 0 Å². The molecule has 0 heterocycles. The van der Waals surface area contributed by atoms with E-state index in [2.05, 4.69) is 18.8 Å². The number of carboxylic acids is 1. The molecule has 0 amide bonds. The first-order valence-corrected chi connectivity index (χ1v) is 9.72. The van der Waals surface area contributed by atoms with Crippen LogP contribution in [0.15, 0.2) is 0 Å². The number of aliphatic hydroxyl groups excluding tert-OH is 3. The quantitative estimate of drug-likeness (QED) is 0.338. The summed E-state index contributed by atoms with van der Waals surface area (Å²) in [5, 5.41) is 38.9. The first-order valence-electron chi connectivity index (χ1n) is 9.72. The lowest BCUT2D eigenvalue weighted by Crippen LogP contribution is -2.21. The van der Waals surface area contributed by atoms with Crippen LogP contribution in [0.25, 0.3) is 0 Å². The Morgan fingerprint density at radius 1 is 1.08 bits per heavy atom. The van der Waals surface area contributed by atoms with Crippen molar-refractivity contribution >= 4 is 5.97 Å². The monoisotopic (exact) mass is 354 g/mol. The van der Waals surface area contributed by atoms with Crippen LogP contribution in [0.3, 0.4) is 0 Å². The predicted molar refractivity (Wildman–Crippen MR) is 96.9 cm³/mol. The number of carbonyl (C=O) groups is 1. The van der Waals surface area contributed by atoms with E-state index in [-0.39, 0.29) is 18.3 Å². The lowest BCUT2D eigenvalue weighted by molar-refractivity contribution is -0.137. The van der Waals surface area contributed by atoms with E-state index in [1.165, 1.54) is 0 Å². The zero-order chi connectivity index (χ0) is 18.7. The maximum atomic E-state index is 10.5. The van der Waals surface area contributed by atoms with Crippen LogP contribution in [-0.4, -0.2) is 44.7 Å². The van der Waals surface area contributed by atoms with E-state index in [1.807, 2.05) is 0 Å². The Kier molecular flexibility index (Phi) is 10.8. The van der Waals surface area contributed by atoms with Gasteiger partial charge in [0.1, 0.15) is 6.10 Å². The molecule has 1 saturated carbocycles. The van der Waals surface area contributed by atoms with Crippen LogP contribution in [0.1, 0.15) is 77.6 Å². The molecule has 1 rings (SSSR count). The minimum absolute atomic E-state index is 0.0650. The Hall–Kier alpha value is -1.09. The van der Waals surface area contributed by atoms with Gasteiger partial charge in [0, 0.05) is 18.8 Å². The van der Waals surface area contributed by atoms with Gasteiger partial charge in [0.25, 0.3) is 0 Å². The number of aliphatic carboxylic acids is 1. The van der Waals surface area contributed by atoms with E-state index < -0.39 is 24.3 Å². The second-order valence-corrected chi connectivity index (χ2v) is 7.21. The van der Waals surface area contributed by atoms with Gasteiger partial charge in [-0.05, 0) is 25.7 Å². The summed E-state index contributed by atoms with van der Waals surface area (Å²) in [5.74, 6) is 4.77. The molecular weight excluding hydrogens is 320 g/mol. The van der Waals surface area contributed by atoms with Crippen molar-refractivity contribution in [2.75, 3.05) is 0 Å². The summed E-state index contributed by atoms with van der Waals surface area (Å²) in [6, 6.07) is 0. The SMILES string of the molecule is CCCCC[C@H](O)C#C[C@@H]1[C@@H](CCCCCCC(=O)O)[C@@H](O)C[C@H]1O. The molecule has 144 valence electrons. The van der Waals surface area contributed by atoms with Gasteiger partial charge in [-0.3, -0.25) is 4.79 Å². The fourth-order valence-corrected chi connectivity index (χ4v) is 3.53. The maximum absolute atomic E-state index is 10.5. The van der Waals surface area contributed by atoms with Gasteiger partial charge in [0.15, 0.2) is 0 Å². The fraction of sp³-hybridized carbons (Fsp3) is 0.850. The van der Waals surface area contributed by atoms with E-state index in [9.17, 15) is 20.1 Å². The van der Waals surface area contributed by atoms with Gasteiger partial charge in [0.2, 0.25) is 0 Å². The highest BCUT2D eigenvalue weighted by Crippen LogP contribution is 2.36. The van der Waals surface area contributed by atoms with Crippen LogP contribution in [0.2, 0.25) is 0 Å². The molecule has 4 N–H and O–H groups in total. The Morgan fingerprint density at radius 3 is 2.48 bits per heavy atom. The molecule has 5 nitrogen and oxygen atoms in total. The first-order chi connectivity index (χ1) is 12.0. The Labute approximate surface area is 151 Å². The predicted octanol–water partition coefficient (Wildman–Crippen LogP) is 2.71. The molecule has 1 fully saturated rings. The van der Waals surface area contributed by atoms with Crippen molar-refractivity contribution in [2.24, 2.45) is 11.8 Å². The lowest BCUT2D eigenvalue weighted by atomic mass is 9.88. The van der Waals surface area contributed by atoms with Crippen LogP contribution >= 0.6 is 0 Å². The number of hydrogen-bond donors (Lipinski definition) is 4. The van der Waals surface area contributed by atoms with E-state index >= 15 is 0 Å². The van der Waals surface area contributed by atoms with Crippen LogP contribution in [-0.2, 0) is 4.79 Å². The number of aliphatic hydroxyl groups is 3. The average molecular weight is 354 g/mol. The summed E-state index contributed by atoms with van der Waals surface area (Å²) in [6.07, 6.45) is 6.61. The Balaban J connectivity index is 2.41. The van der Waals surface area contributed by atoms with Crippen molar-refractivity contribution in [1.29, 1.82) is 0 Å².